The lowest BCUT2D eigenvalue weighted by atomic mass is 10.1. The quantitative estimate of drug-likeness (QED) is 0.871. The van der Waals surface area contributed by atoms with Gasteiger partial charge < -0.3 is 5.73 Å². The zero-order valence-corrected chi connectivity index (χ0v) is 13.6. The molecule has 1 aromatic rings. The van der Waals surface area contributed by atoms with Gasteiger partial charge in [-0.3, -0.25) is 0 Å². The molecule has 3 N–H and O–H groups in total. The molecule has 1 aliphatic rings. The Morgan fingerprint density at radius 1 is 1.40 bits per heavy atom. The molecule has 20 heavy (non-hydrogen) atoms. The zero-order valence-electron chi connectivity index (χ0n) is 12.0. The summed E-state index contributed by atoms with van der Waals surface area (Å²) in [7, 11) is -3.45. The second kappa shape index (κ2) is 6.47. The van der Waals surface area contributed by atoms with Crippen molar-refractivity contribution in [1.29, 1.82) is 0 Å². The van der Waals surface area contributed by atoms with Crippen molar-refractivity contribution in [3.05, 3.63) is 28.8 Å². The fourth-order valence-corrected chi connectivity index (χ4v) is 5.14. The predicted molar refractivity (Wildman–Crippen MR) is 84.5 cm³/mol. The van der Waals surface area contributed by atoms with E-state index in [9.17, 15) is 8.42 Å². The van der Waals surface area contributed by atoms with E-state index in [0.717, 1.165) is 28.9 Å². The normalized spacial score (nSPS) is 19.4. The molecule has 2 rings (SSSR count). The number of hydrogen-bond acceptors (Lipinski definition) is 4. The lowest BCUT2D eigenvalue weighted by Gasteiger charge is -2.15. The van der Waals surface area contributed by atoms with E-state index in [1.807, 2.05) is 31.7 Å². The molecule has 0 amide bonds. The molecule has 6 heteroatoms. The van der Waals surface area contributed by atoms with Crippen LogP contribution in [0, 0.1) is 13.8 Å². The zero-order chi connectivity index (χ0) is 14.8. The van der Waals surface area contributed by atoms with Gasteiger partial charge in [-0.1, -0.05) is 6.07 Å². The Morgan fingerprint density at radius 3 is 2.75 bits per heavy atom. The van der Waals surface area contributed by atoms with Crippen molar-refractivity contribution in [3.63, 3.8) is 0 Å². The van der Waals surface area contributed by atoms with Gasteiger partial charge in [-0.15, -0.1) is 0 Å². The van der Waals surface area contributed by atoms with Gasteiger partial charge in [0, 0.05) is 18.3 Å². The molecule has 1 saturated heterocycles. The minimum atomic E-state index is -3.45. The maximum absolute atomic E-state index is 12.5. The smallest absolute Gasteiger partial charge is 0.240 e. The highest BCUT2D eigenvalue weighted by Crippen LogP contribution is 2.26. The molecule has 112 valence electrons. The molecular weight excluding hydrogens is 292 g/mol. The van der Waals surface area contributed by atoms with Gasteiger partial charge in [-0.05, 0) is 55.2 Å². The van der Waals surface area contributed by atoms with Gasteiger partial charge in [0.25, 0.3) is 0 Å². The minimum Gasteiger partial charge on any atom is -0.326 e. The first-order valence-electron chi connectivity index (χ1n) is 6.85. The van der Waals surface area contributed by atoms with Gasteiger partial charge >= 0.3 is 0 Å². The molecule has 1 atom stereocenters. The first-order chi connectivity index (χ1) is 9.44. The van der Waals surface area contributed by atoms with Crippen molar-refractivity contribution in [1.82, 2.24) is 4.72 Å². The van der Waals surface area contributed by atoms with Gasteiger partial charge in [-0.25, -0.2) is 13.1 Å². The van der Waals surface area contributed by atoms with E-state index in [1.165, 1.54) is 6.42 Å². The molecule has 1 unspecified atom stereocenters. The number of nitrogens with one attached hydrogen (secondary N) is 1. The Hall–Kier alpha value is -0.560. The topological polar surface area (TPSA) is 72.2 Å². The maximum Gasteiger partial charge on any atom is 0.240 e. The molecule has 0 aromatic heterocycles. The second-order valence-corrected chi connectivity index (χ2v) is 8.37. The Morgan fingerprint density at radius 2 is 2.15 bits per heavy atom. The monoisotopic (exact) mass is 314 g/mol. The summed E-state index contributed by atoms with van der Waals surface area (Å²) >= 11 is 1.85. The summed E-state index contributed by atoms with van der Waals surface area (Å²) in [6, 6.07) is 3.63. The van der Waals surface area contributed by atoms with Gasteiger partial charge in [0.1, 0.15) is 0 Å². The van der Waals surface area contributed by atoms with Crippen molar-refractivity contribution in [2.24, 2.45) is 5.73 Å². The number of benzene rings is 1. The van der Waals surface area contributed by atoms with Crippen LogP contribution in [0.5, 0.6) is 0 Å². The summed E-state index contributed by atoms with van der Waals surface area (Å²) in [6.45, 7) is 4.62. The van der Waals surface area contributed by atoms with E-state index in [4.69, 9.17) is 5.73 Å². The van der Waals surface area contributed by atoms with Crippen molar-refractivity contribution >= 4 is 21.8 Å². The summed E-state index contributed by atoms with van der Waals surface area (Å²) in [5.41, 5.74) is 8.25. The van der Waals surface area contributed by atoms with E-state index < -0.39 is 10.0 Å². The maximum atomic E-state index is 12.5. The standard InChI is InChI=1S/C14H22N2O2S2/c1-10-6-12(8-15)7-14(11(10)2)20(17,18)16-9-13-4-3-5-19-13/h6-7,13,16H,3-5,8-9,15H2,1-2H3. The number of aryl methyl sites for hydroxylation is 1. The Balaban J connectivity index is 2.21. The number of thioether (sulfide) groups is 1. The number of rotatable bonds is 5. The van der Waals surface area contributed by atoms with Crippen molar-refractivity contribution in [3.8, 4) is 0 Å². The van der Waals surface area contributed by atoms with Crippen LogP contribution < -0.4 is 10.5 Å². The second-order valence-electron chi connectivity index (χ2n) is 5.23. The van der Waals surface area contributed by atoms with Crippen molar-refractivity contribution < 1.29 is 8.42 Å². The SMILES string of the molecule is Cc1cc(CN)cc(S(=O)(=O)NCC2CCCS2)c1C. The van der Waals surface area contributed by atoms with Crippen LogP contribution >= 0.6 is 11.8 Å². The van der Waals surface area contributed by atoms with E-state index in [0.29, 0.717) is 23.2 Å². The van der Waals surface area contributed by atoms with Crippen LogP contribution in [0.2, 0.25) is 0 Å². The Kier molecular flexibility index (Phi) is 5.12. The molecule has 4 nitrogen and oxygen atoms in total. The third kappa shape index (κ3) is 3.55. The number of nitrogens with two attached hydrogens (primary N) is 1. The van der Waals surface area contributed by atoms with Crippen LogP contribution in [0.25, 0.3) is 0 Å². The Bertz CT molecular complexity index is 579. The average Bonchev–Trinajstić information content (AvgIpc) is 2.92. The molecule has 0 radical (unpaired) electrons. The molecule has 0 saturated carbocycles. The fraction of sp³-hybridized carbons (Fsp3) is 0.571. The molecule has 1 aliphatic heterocycles. The van der Waals surface area contributed by atoms with E-state index >= 15 is 0 Å². The van der Waals surface area contributed by atoms with Gasteiger partial charge in [0.15, 0.2) is 0 Å². The first-order valence-corrected chi connectivity index (χ1v) is 9.38. The molecule has 0 aliphatic carbocycles. The first kappa shape index (κ1) is 15.8. The highest BCUT2D eigenvalue weighted by Gasteiger charge is 2.22. The molecule has 1 fully saturated rings. The molecule has 0 bridgehead atoms. The summed E-state index contributed by atoms with van der Waals surface area (Å²) in [6.07, 6.45) is 2.27. The van der Waals surface area contributed by atoms with Gasteiger partial charge in [0.2, 0.25) is 10.0 Å². The summed E-state index contributed by atoms with van der Waals surface area (Å²) in [5, 5.41) is 0.406. The lowest BCUT2D eigenvalue weighted by Crippen LogP contribution is -2.30. The van der Waals surface area contributed by atoms with Crippen molar-refractivity contribution in [2.75, 3.05) is 12.3 Å². The number of hydrogen-bond donors (Lipinski definition) is 2. The van der Waals surface area contributed by atoms with Gasteiger partial charge in [-0.2, -0.15) is 11.8 Å². The number of sulfonamides is 1. The largest absolute Gasteiger partial charge is 0.326 e. The van der Waals surface area contributed by atoms with Crippen LogP contribution in [-0.4, -0.2) is 26.0 Å². The highest BCUT2D eigenvalue weighted by molar-refractivity contribution is 8.00. The minimum absolute atomic E-state index is 0.349. The third-order valence-electron chi connectivity index (χ3n) is 3.73. The summed E-state index contributed by atoms with van der Waals surface area (Å²) in [4.78, 5) is 0.362. The fourth-order valence-electron chi connectivity index (χ4n) is 2.38. The summed E-state index contributed by atoms with van der Waals surface area (Å²) in [5.74, 6) is 1.13. The van der Waals surface area contributed by atoms with Crippen LogP contribution in [-0.2, 0) is 16.6 Å². The lowest BCUT2D eigenvalue weighted by molar-refractivity contribution is 0.578. The van der Waals surface area contributed by atoms with E-state index in [2.05, 4.69) is 4.72 Å². The predicted octanol–water partition coefficient (Wildman–Crippen LogP) is 1.94. The van der Waals surface area contributed by atoms with Crippen LogP contribution in [0.4, 0.5) is 0 Å². The van der Waals surface area contributed by atoms with E-state index in [-0.39, 0.29) is 0 Å². The van der Waals surface area contributed by atoms with Gasteiger partial charge in [0.05, 0.1) is 4.90 Å². The molecule has 0 spiro atoms. The van der Waals surface area contributed by atoms with Crippen LogP contribution in [0.3, 0.4) is 0 Å². The molecule has 1 aromatic carbocycles. The average molecular weight is 314 g/mol. The van der Waals surface area contributed by atoms with E-state index in [1.54, 1.807) is 6.07 Å². The van der Waals surface area contributed by atoms with Crippen molar-refractivity contribution in [2.45, 2.75) is 43.4 Å². The summed E-state index contributed by atoms with van der Waals surface area (Å²) < 4.78 is 27.7. The van der Waals surface area contributed by atoms with Crippen LogP contribution in [0.15, 0.2) is 17.0 Å². The molecule has 1 heterocycles. The third-order valence-corrected chi connectivity index (χ3v) is 6.68. The molecular formula is C14H22N2O2S2. The highest BCUT2D eigenvalue weighted by atomic mass is 32.2. The Labute approximate surface area is 125 Å². The van der Waals surface area contributed by atoms with Crippen LogP contribution in [0.1, 0.15) is 29.5 Å².